The lowest BCUT2D eigenvalue weighted by Crippen LogP contribution is -2.19. The maximum atomic E-state index is 11.9. The molecule has 3 rings (SSSR count). The highest BCUT2D eigenvalue weighted by Gasteiger charge is 2.30. The third kappa shape index (κ3) is 3.57. The summed E-state index contributed by atoms with van der Waals surface area (Å²) in [4.78, 5) is 31.6. The third-order valence-corrected chi connectivity index (χ3v) is 3.23. The summed E-state index contributed by atoms with van der Waals surface area (Å²) in [5.41, 5.74) is 2.76. The molecule has 6 heteroatoms. The number of carbonyl (C=O) groups excluding carboxylic acids is 2. The number of ketones is 1. The molecule has 106 valence electrons. The number of rotatable bonds is 2. The van der Waals surface area contributed by atoms with Crippen molar-refractivity contribution >= 4 is 23.5 Å². The predicted molar refractivity (Wildman–Crippen MR) is 71.1 cm³/mol. The number of Topliss-reactive ketones (excluding diaryl/α,β-unsaturated/α-hetero) is 1. The fourth-order valence-corrected chi connectivity index (χ4v) is 2.12. The third-order valence-electron chi connectivity index (χ3n) is 3.23. The van der Waals surface area contributed by atoms with Crippen LogP contribution in [0, 0.1) is 5.92 Å². The molecule has 0 bridgehead atoms. The minimum Gasteiger partial charge on any atom is -0.450 e. The van der Waals surface area contributed by atoms with Gasteiger partial charge in [-0.1, -0.05) is 0 Å². The summed E-state index contributed by atoms with van der Waals surface area (Å²) in [5.74, 6) is 0.588. The molecule has 0 aromatic heterocycles. The van der Waals surface area contributed by atoms with Crippen LogP contribution in [0.3, 0.4) is 0 Å². The average molecular weight is 277 g/mol. The monoisotopic (exact) mass is 277 g/mol. The molecule has 0 radical (unpaired) electrons. The van der Waals surface area contributed by atoms with Gasteiger partial charge >= 0.3 is 6.16 Å². The van der Waals surface area contributed by atoms with E-state index in [2.05, 4.69) is 5.32 Å². The number of nitrogens with one attached hydrogen (secondary N) is 1. The van der Waals surface area contributed by atoms with Crippen LogP contribution in [0.4, 0.5) is 10.5 Å². The van der Waals surface area contributed by atoms with E-state index in [9.17, 15) is 9.59 Å². The summed E-state index contributed by atoms with van der Waals surface area (Å²) in [5, 5.41) is 16.8. The molecule has 1 saturated carbocycles. The highest BCUT2D eigenvalue weighted by atomic mass is 16.6. The Balaban J connectivity index is 0.000000328. The molecule has 6 nitrogen and oxygen atoms in total. The van der Waals surface area contributed by atoms with Crippen LogP contribution in [0.1, 0.15) is 35.2 Å². The molecule has 1 heterocycles. The van der Waals surface area contributed by atoms with E-state index in [0.29, 0.717) is 6.42 Å². The van der Waals surface area contributed by atoms with Gasteiger partial charge in [0.15, 0.2) is 5.78 Å². The Labute approximate surface area is 115 Å². The normalized spacial score (nSPS) is 16.3. The molecule has 1 amide bonds. The second-order valence-electron chi connectivity index (χ2n) is 4.84. The lowest BCUT2D eigenvalue weighted by atomic mass is 9.97. The Bertz CT molecular complexity index is 559. The van der Waals surface area contributed by atoms with Crippen LogP contribution in [0.5, 0.6) is 0 Å². The summed E-state index contributed by atoms with van der Waals surface area (Å²) < 4.78 is 0. The van der Waals surface area contributed by atoms with Crippen molar-refractivity contribution in [3.63, 3.8) is 0 Å². The van der Waals surface area contributed by atoms with Gasteiger partial charge in [-0.05, 0) is 43.0 Å². The van der Waals surface area contributed by atoms with Gasteiger partial charge in [0.1, 0.15) is 0 Å². The van der Waals surface area contributed by atoms with Gasteiger partial charge < -0.3 is 15.5 Å². The highest BCUT2D eigenvalue weighted by Crippen LogP contribution is 2.34. The number of aryl methyl sites for hydroxylation is 1. The topological polar surface area (TPSA) is 104 Å². The van der Waals surface area contributed by atoms with Crippen LogP contribution in [-0.2, 0) is 11.2 Å². The van der Waals surface area contributed by atoms with Gasteiger partial charge in [-0.25, -0.2) is 4.79 Å². The van der Waals surface area contributed by atoms with Crippen molar-refractivity contribution in [2.45, 2.75) is 25.7 Å². The first kappa shape index (κ1) is 14.0. The van der Waals surface area contributed by atoms with E-state index in [1.54, 1.807) is 0 Å². The minimum absolute atomic E-state index is 0.0637. The maximum Gasteiger partial charge on any atom is 0.503 e. The summed E-state index contributed by atoms with van der Waals surface area (Å²) in [6, 6.07) is 5.61. The van der Waals surface area contributed by atoms with E-state index >= 15 is 0 Å². The fraction of sp³-hybridized carbons (Fsp3) is 0.357. The average Bonchev–Trinajstić information content (AvgIpc) is 3.21. The van der Waals surface area contributed by atoms with E-state index in [1.807, 2.05) is 18.2 Å². The maximum absolute atomic E-state index is 11.9. The lowest BCUT2D eigenvalue weighted by Gasteiger charge is -2.17. The zero-order valence-electron chi connectivity index (χ0n) is 10.8. The van der Waals surface area contributed by atoms with Crippen molar-refractivity contribution < 1.29 is 24.6 Å². The first-order valence-electron chi connectivity index (χ1n) is 6.36. The second kappa shape index (κ2) is 5.73. The zero-order chi connectivity index (χ0) is 14.7. The number of fused-ring (bicyclic) bond motifs is 1. The molecule has 1 fully saturated rings. The Kier molecular flexibility index (Phi) is 4.02. The number of amides is 1. The lowest BCUT2D eigenvalue weighted by molar-refractivity contribution is -0.116. The summed E-state index contributed by atoms with van der Waals surface area (Å²) in [7, 11) is 0. The first-order valence-corrected chi connectivity index (χ1v) is 6.36. The molecule has 2 aliphatic rings. The van der Waals surface area contributed by atoms with Crippen LogP contribution in [-0.4, -0.2) is 28.1 Å². The van der Waals surface area contributed by atoms with Crippen LogP contribution >= 0.6 is 0 Å². The molecular formula is C14H15NO5. The van der Waals surface area contributed by atoms with Crippen molar-refractivity contribution in [2.24, 2.45) is 5.92 Å². The summed E-state index contributed by atoms with van der Waals surface area (Å²) in [6.45, 7) is 0. The van der Waals surface area contributed by atoms with Crippen LogP contribution in [0.2, 0.25) is 0 Å². The molecule has 20 heavy (non-hydrogen) atoms. The molecule has 0 spiro atoms. The molecule has 1 aliphatic heterocycles. The van der Waals surface area contributed by atoms with Gasteiger partial charge in [-0.3, -0.25) is 9.59 Å². The number of anilines is 1. The van der Waals surface area contributed by atoms with E-state index < -0.39 is 6.16 Å². The number of hydrogen-bond acceptors (Lipinski definition) is 3. The van der Waals surface area contributed by atoms with Crippen molar-refractivity contribution in [1.82, 2.24) is 0 Å². The van der Waals surface area contributed by atoms with Crippen molar-refractivity contribution in [2.75, 3.05) is 5.32 Å². The second-order valence-corrected chi connectivity index (χ2v) is 4.84. The Morgan fingerprint density at radius 1 is 1.15 bits per heavy atom. The van der Waals surface area contributed by atoms with Gasteiger partial charge in [0.2, 0.25) is 5.91 Å². The molecule has 3 N–H and O–H groups in total. The van der Waals surface area contributed by atoms with Crippen LogP contribution in [0.25, 0.3) is 0 Å². The summed E-state index contributed by atoms with van der Waals surface area (Å²) >= 11 is 0. The molecule has 0 atom stereocenters. The quantitative estimate of drug-likeness (QED) is 0.720. The molecular weight excluding hydrogens is 262 g/mol. The number of carboxylic acid groups (broad SMARTS) is 2. The number of carbonyl (C=O) groups is 3. The first-order chi connectivity index (χ1) is 9.47. The highest BCUT2D eigenvalue weighted by molar-refractivity contribution is 6.01. The van der Waals surface area contributed by atoms with Gasteiger partial charge in [-0.2, -0.15) is 0 Å². The predicted octanol–water partition coefficient (Wildman–Crippen LogP) is 2.39. The molecule has 1 aromatic carbocycles. The van der Waals surface area contributed by atoms with E-state index in [0.717, 1.165) is 36.1 Å². The van der Waals surface area contributed by atoms with Gasteiger partial charge in [0.25, 0.3) is 0 Å². The zero-order valence-corrected chi connectivity index (χ0v) is 10.8. The van der Waals surface area contributed by atoms with Gasteiger partial charge in [0.05, 0.1) is 0 Å². The molecule has 1 aliphatic carbocycles. The number of hydrogen-bond donors (Lipinski definition) is 3. The number of benzene rings is 1. The molecule has 0 unspecified atom stereocenters. The SMILES string of the molecule is O=C(O)O.O=C1CCc2cc(C(=O)C3CC3)ccc2N1. The van der Waals surface area contributed by atoms with Crippen molar-refractivity contribution in [1.29, 1.82) is 0 Å². The molecule has 0 saturated heterocycles. The van der Waals surface area contributed by atoms with Crippen molar-refractivity contribution in [3.05, 3.63) is 29.3 Å². The van der Waals surface area contributed by atoms with E-state index in [4.69, 9.17) is 15.0 Å². The fourth-order valence-electron chi connectivity index (χ4n) is 2.12. The smallest absolute Gasteiger partial charge is 0.450 e. The summed E-state index contributed by atoms with van der Waals surface area (Å²) in [6.07, 6.45) is 1.50. The molecule has 1 aromatic rings. The Morgan fingerprint density at radius 2 is 1.80 bits per heavy atom. The van der Waals surface area contributed by atoms with Crippen molar-refractivity contribution in [3.8, 4) is 0 Å². The van der Waals surface area contributed by atoms with E-state index in [1.165, 1.54) is 0 Å². The van der Waals surface area contributed by atoms with Crippen LogP contribution in [0.15, 0.2) is 18.2 Å². The Morgan fingerprint density at radius 3 is 2.40 bits per heavy atom. The van der Waals surface area contributed by atoms with Crippen LogP contribution < -0.4 is 5.32 Å². The van der Waals surface area contributed by atoms with E-state index in [-0.39, 0.29) is 17.6 Å². The Hall–Kier alpha value is -2.37. The standard InChI is InChI=1S/C13H13NO2.CH2O3/c15-12-6-4-9-7-10(3-5-11(9)14-12)13(16)8-1-2-8;2-1(3)4/h3,5,7-8H,1-2,4,6H2,(H,14,15);(H2,2,3,4). The van der Waals surface area contributed by atoms with Gasteiger partial charge in [-0.15, -0.1) is 0 Å². The minimum atomic E-state index is -1.83. The largest absolute Gasteiger partial charge is 0.503 e. The van der Waals surface area contributed by atoms with Gasteiger partial charge in [0, 0.05) is 23.6 Å².